The fourth-order valence-electron chi connectivity index (χ4n) is 1.62. The van der Waals surface area contributed by atoms with Crippen LogP contribution in [0.4, 0.5) is 11.5 Å². The summed E-state index contributed by atoms with van der Waals surface area (Å²) in [5.41, 5.74) is 0.535. The molecular weight excluding hydrogens is 324 g/mol. The van der Waals surface area contributed by atoms with E-state index < -0.39 is 4.92 Å². The summed E-state index contributed by atoms with van der Waals surface area (Å²) in [5.74, 6) is 0.423. The first-order chi connectivity index (χ1) is 9.60. The molecule has 0 saturated heterocycles. The summed E-state index contributed by atoms with van der Waals surface area (Å²) in [5, 5.41) is 22.6. The van der Waals surface area contributed by atoms with E-state index >= 15 is 0 Å². The molecule has 6 nitrogen and oxygen atoms in total. The summed E-state index contributed by atoms with van der Waals surface area (Å²) in [7, 11) is 0. The molecule has 0 aliphatic heterocycles. The van der Waals surface area contributed by atoms with Crippen molar-refractivity contribution in [3.63, 3.8) is 0 Å². The van der Waals surface area contributed by atoms with E-state index in [0.29, 0.717) is 12.4 Å². The fourth-order valence-corrected chi connectivity index (χ4v) is 2.07. The van der Waals surface area contributed by atoms with Gasteiger partial charge in [-0.2, -0.15) is 5.26 Å². The SMILES string of the molecule is N#Cc1nc(NCc2cccc(Br)c2)ccc1[N+](=O)[O-]. The van der Waals surface area contributed by atoms with Crippen LogP contribution in [0.5, 0.6) is 0 Å². The average Bonchev–Trinajstić information content (AvgIpc) is 2.44. The Labute approximate surface area is 123 Å². The molecule has 20 heavy (non-hydrogen) atoms. The molecule has 0 aliphatic carbocycles. The van der Waals surface area contributed by atoms with E-state index in [9.17, 15) is 10.1 Å². The van der Waals surface area contributed by atoms with Gasteiger partial charge in [-0.25, -0.2) is 4.98 Å². The molecule has 1 aromatic heterocycles. The van der Waals surface area contributed by atoms with Gasteiger partial charge >= 0.3 is 5.69 Å². The predicted molar refractivity (Wildman–Crippen MR) is 77.1 cm³/mol. The third kappa shape index (κ3) is 3.30. The van der Waals surface area contributed by atoms with Crippen LogP contribution in [-0.4, -0.2) is 9.91 Å². The molecule has 0 saturated carbocycles. The molecular formula is C13H9BrN4O2. The summed E-state index contributed by atoms with van der Waals surface area (Å²) in [6.07, 6.45) is 0. The summed E-state index contributed by atoms with van der Waals surface area (Å²) in [6.45, 7) is 0.509. The largest absolute Gasteiger partial charge is 0.366 e. The van der Waals surface area contributed by atoms with Gasteiger partial charge < -0.3 is 5.32 Å². The second kappa shape index (κ2) is 6.12. The molecule has 2 rings (SSSR count). The van der Waals surface area contributed by atoms with Crippen LogP contribution in [0.15, 0.2) is 40.9 Å². The summed E-state index contributed by atoms with van der Waals surface area (Å²) in [6, 6.07) is 12.2. The van der Waals surface area contributed by atoms with Crippen LogP contribution in [0.1, 0.15) is 11.3 Å². The van der Waals surface area contributed by atoms with Gasteiger partial charge in [0.2, 0.25) is 5.69 Å². The van der Waals surface area contributed by atoms with Gasteiger partial charge in [-0.15, -0.1) is 0 Å². The maximum atomic E-state index is 10.7. The van der Waals surface area contributed by atoms with Crippen LogP contribution in [0.3, 0.4) is 0 Å². The lowest BCUT2D eigenvalue weighted by Gasteiger charge is -2.06. The van der Waals surface area contributed by atoms with Crippen molar-refractivity contribution in [2.75, 3.05) is 5.32 Å². The van der Waals surface area contributed by atoms with Crippen LogP contribution < -0.4 is 5.32 Å². The minimum Gasteiger partial charge on any atom is -0.366 e. The monoisotopic (exact) mass is 332 g/mol. The number of nitrogens with zero attached hydrogens (tertiary/aromatic N) is 3. The van der Waals surface area contributed by atoms with E-state index in [0.717, 1.165) is 10.0 Å². The number of hydrogen-bond acceptors (Lipinski definition) is 5. The Morgan fingerprint density at radius 1 is 1.40 bits per heavy atom. The van der Waals surface area contributed by atoms with Gasteiger partial charge in [0.05, 0.1) is 4.92 Å². The minimum atomic E-state index is -0.621. The molecule has 1 aromatic carbocycles. The number of hydrogen-bond donors (Lipinski definition) is 1. The van der Waals surface area contributed by atoms with E-state index in [4.69, 9.17) is 5.26 Å². The summed E-state index contributed by atoms with van der Waals surface area (Å²) >= 11 is 3.38. The van der Waals surface area contributed by atoms with Crippen molar-refractivity contribution in [1.82, 2.24) is 4.98 Å². The number of halogens is 1. The molecule has 7 heteroatoms. The highest BCUT2D eigenvalue weighted by molar-refractivity contribution is 9.10. The maximum Gasteiger partial charge on any atom is 0.305 e. The smallest absolute Gasteiger partial charge is 0.305 e. The van der Waals surface area contributed by atoms with E-state index in [1.54, 1.807) is 6.07 Å². The van der Waals surface area contributed by atoms with Gasteiger partial charge in [0.1, 0.15) is 11.9 Å². The van der Waals surface area contributed by atoms with Crippen molar-refractivity contribution in [2.24, 2.45) is 0 Å². The van der Waals surface area contributed by atoms with Crippen LogP contribution in [0.25, 0.3) is 0 Å². The molecule has 0 unspecified atom stereocenters. The Hall–Kier alpha value is -2.46. The van der Waals surface area contributed by atoms with Gasteiger partial charge in [-0.3, -0.25) is 10.1 Å². The number of anilines is 1. The lowest BCUT2D eigenvalue weighted by molar-refractivity contribution is -0.385. The van der Waals surface area contributed by atoms with Crippen molar-refractivity contribution in [2.45, 2.75) is 6.54 Å². The first-order valence-electron chi connectivity index (χ1n) is 5.64. The molecule has 0 aliphatic rings. The molecule has 0 radical (unpaired) electrons. The van der Waals surface area contributed by atoms with Crippen LogP contribution >= 0.6 is 15.9 Å². The Balaban J connectivity index is 2.15. The standard InChI is InChI=1S/C13H9BrN4O2/c14-10-3-1-2-9(6-10)8-16-13-5-4-12(18(19)20)11(7-15)17-13/h1-6H,8H2,(H,16,17). The van der Waals surface area contributed by atoms with Gasteiger partial charge in [0.15, 0.2) is 0 Å². The highest BCUT2D eigenvalue weighted by Gasteiger charge is 2.15. The van der Waals surface area contributed by atoms with Gasteiger partial charge in [0, 0.05) is 17.1 Å². The van der Waals surface area contributed by atoms with E-state index in [1.807, 2.05) is 24.3 Å². The summed E-state index contributed by atoms with van der Waals surface area (Å²) in [4.78, 5) is 14.0. The average molecular weight is 333 g/mol. The van der Waals surface area contributed by atoms with Crippen LogP contribution in [-0.2, 0) is 6.54 Å². The zero-order valence-corrected chi connectivity index (χ0v) is 11.8. The molecule has 0 bridgehead atoms. The third-order valence-electron chi connectivity index (χ3n) is 2.54. The van der Waals surface area contributed by atoms with E-state index in [1.165, 1.54) is 12.1 Å². The summed E-state index contributed by atoms with van der Waals surface area (Å²) < 4.78 is 0.964. The fraction of sp³-hybridized carbons (Fsp3) is 0.0769. The maximum absolute atomic E-state index is 10.7. The van der Waals surface area contributed by atoms with Gasteiger partial charge in [-0.1, -0.05) is 28.1 Å². The first kappa shape index (κ1) is 14.0. The Bertz CT molecular complexity index is 697. The Morgan fingerprint density at radius 3 is 2.85 bits per heavy atom. The molecule has 0 amide bonds. The first-order valence-corrected chi connectivity index (χ1v) is 6.43. The zero-order valence-electron chi connectivity index (χ0n) is 10.2. The number of nitro groups is 1. The molecule has 1 N–H and O–H groups in total. The predicted octanol–water partition coefficient (Wildman–Crippen LogP) is 3.24. The third-order valence-corrected chi connectivity index (χ3v) is 3.03. The molecule has 1 heterocycles. The normalized spacial score (nSPS) is 9.80. The number of aromatic nitrogens is 1. The number of benzene rings is 1. The highest BCUT2D eigenvalue weighted by Crippen LogP contribution is 2.19. The van der Waals surface area contributed by atoms with Crippen molar-refractivity contribution in [3.05, 3.63) is 62.2 Å². The second-order valence-electron chi connectivity index (χ2n) is 3.92. The molecule has 100 valence electrons. The van der Waals surface area contributed by atoms with Crippen molar-refractivity contribution in [3.8, 4) is 6.07 Å². The van der Waals surface area contributed by atoms with Crippen LogP contribution in [0, 0.1) is 21.4 Å². The quantitative estimate of drug-likeness (QED) is 0.685. The number of nitriles is 1. The van der Waals surface area contributed by atoms with Crippen molar-refractivity contribution >= 4 is 27.4 Å². The number of rotatable bonds is 4. The minimum absolute atomic E-state index is 0.200. The Morgan fingerprint density at radius 2 is 2.20 bits per heavy atom. The molecule has 0 fully saturated rings. The lowest BCUT2D eigenvalue weighted by Crippen LogP contribution is -2.03. The van der Waals surface area contributed by atoms with E-state index in [-0.39, 0.29) is 11.4 Å². The number of pyridine rings is 1. The van der Waals surface area contributed by atoms with Crippen molar-refractivity contribution in [1.29, 1.82) is 5.26 Å². The topological polar surface area (TPSA) is 91.8 Å². The van der Waals surface area contributed by atoms with E-state index in [2.05, 4.69) is 26.2 Å². The lowest BCUT2D eigenvalue weighted by atomic mass is 10.2. The van der Waals surface area contributed by atoms with Crippen LogP contribution in [0.2, 0.25) is 0 Å². The highest BCUT2D eigenvalue weighted by atomic mass is 79.9. The van der Waals surface area contributed by atoms with Gasteiger partial charge in [0.25, 0.3) is 0 Å². The Kier molecular flexibility index (Phi) is 4.27. The number of nitrogens with one attached hydrogen (secondary N) is 1. The molecule has 2 aromatic rings. The molecule has 0 atom stereocenters. The van der Waals surface area contributed by atoms with Crippen molar-refractivity contribution < 1.29 is 4.92 Å². The van der Waals surface area contributed by atoms with Gasteiger partial charge in [-0.05, 0) is 23.8 Å². The molecule has 0 spiro atoms. The second-order valence-corrected chi connectivity index (χ2v) is 4.83. The zero-order chi connectivity index (χ0) is 14.5.